The van der Waals surface area contributed by atoms with Crippen LogP contribution in [0.3, 0.4) is 0 Å². The lowest BCUT2D eigenvalue weighted by Gasteiger charge is -2.01. The van der Waals surface area contributed by atoms with Crippen molar-refractivity contribution in [2.75, 3.05) is 0 Å². The zero-order valence-electron chi connectivity index (χ0n) is 12.1. The van der Waals surface area contributed by atoms with Gasteiger partial charge in [-0.05, 0) is 52.4 Å². The van der Waals surface area contributed by atoms with Crippen molar-refractivity contribution in [3.63, 3.8) is 0 Å². The van der Waals surface area contributed by atoms with Gasteiger partial charge in [0, 0.05) is 0 Å². The molecule has 0 aromatic carbocycles. The lowest BCUT2D eigenvalue weighted by Crippen LogP contribution is -1.80. The first-order valence-corrected chi connectivity index (χ1v) is 7.03. The molecule has 0 aromatic rings. The second-order valence-corrected chi connectivity index (χ2v) is 4.32. The minimum atomic E-state index is 1.11. The number of allylic oxidation sites excluding steroid dienone is 9. The van der Waals surface area contributed by atoms with Gasteiger partial charge >= 0.3 is 0 Å². The third-order valence-corrected chi connectivity index (χ3v) is 2.84. The van der Waals surface area contributed by atoms with Crippen LogP contribution in [0.1, 0.15) is 52.4 Å². The fraction of sp³-hybridized carbons (Fsp3) is 0.444. The summed E-state index contributed by atoms with van der Waals surface area (Å²) in [6.45, 7) is 7.87. The normalized spacial score (nSPS) is 13.1. The average Bonchev–Trinajstić information content (AvgIpc) is 2.40. The number of hydrogen-bond acceptors (Lipinski definition) is 0. The monoisotopic (exact) mass is 244 g/mol. The molecule has 0 saturated carbocycles. The fourth-order valence-corrected chi connectivity index (χ4v) is 1.70. The highest BCUT2D eigenvalue weighted by atomic mass is 14.0. The van der Waals surface area contributed by atoms with Gasteiger partial charge in [0.2, 0.25) is 0 Å². The predicted molar refractivity (Wildman–Crippen MR) is 84.8 cm³/mol. The molecule has 0 atom stereocenters. The van der Waals surface area contributed by atoms with Crippen LogP contribution in [0, 0.1) is 0 Å². The van der Waals surface area contributed by atoms with Gasteiger partial charge in [-0.3, -0.25) is 0 Å². The van der Waals surface area contributed by atoms with Crippen molar-refractivity contribution in [3.05, 3.63) is 60.8 Å². The standard InChI is InChI=1S/C18H28/c1-4-7-9-10-11-12-13-15-17-18(6-3)16-14-8-5-2/h4-9,13,15H,1,10-12,14,16-17H2,2-3H3/b8-5+,9-7+,15-13+,18-6?. The van der Waals surface area contributed by atoms with E-state index in [4.69, 9.17) is 0 Å². The molecular weight excluding hydrogens is 216 g/mol. The Hall–Kier alpha value is -1.30. The van der Waals surface area contributed by atoms with E-state index in [1.165, 1.54) is 24.8 Å². The topological polar surface area (TPSA) is 0 Å². The zero-order chi connectivity index (χ0) is 13.5. The van der Waals surface area contributed by atoms with Crippen molar-refractivity contribution in [2.24, 2.45) is 0 Å². The first-order chi connectivity index (χ1) is 8.85. The molecule has 0 aliphatic heterocycles. The minimum Gasteiger partial charge on any atom is -0.0991 e. The summed E-state index contributed by atoms with van der Waals surface area (Å²) in [7, 11) is 0. The summed E-state index contributed by atoms with van der Waals surface area (Å²) in [5, 5.41) is 0. The highest BCUT2D eigenvalue weighted by Gasteiger charge is 1.91. The van der Waals surface area contributed by atoms with Gasteiger partial charge in [-0.25, -0.2) is 0 Å². The Balaban J connectivity index is 3.65. The molecule has 0 aliphatic rings. The van der Waals surface area contributed by atoms with Crippen LogP contribution in [0.2, 0.25) is 0 Å². The second-order valence-electron chi connectivity index (χ2n) is 4.32. The smallest absolute Gasteiger partial charge is 0.0139 e. The summed E-state index contributed by atoms with van der Waals surface area (Å²) in [5.74, 6) is 0. The van der Waals surface area contributed by atoms with E-state index in [1.54, 1.807) is 0 Å². The molecular formula is C18H28. The Morgan fingerprint density at radius 3 is 2.39 bits per heavy atom. The van der Waals surface area contributed by atoms with Gasteiger partial charge in [0.1, 0.15) is 0 Å². The van der Waals surface area contributed by atoms with Crippen LogP contribution >= 0.6 is 0 Å². The second kappa shape index (κ2) is 13.8. The van der Waals surface area contributed by atoms with Crippen molar-refractivity contribution < 1.29 is 0 Å². The molecule has 0 amide bonds. The van der Waals surface area contributed by atoms with E-state index in [2.05, 4.69) is 56.9 Å². The minimum absolute atomic E-state index is 1.11. The van der Waals surface area contributed by atoms with Crippen LogP contribution in [0.5, 0.6) is 0 Å². The van der Waals surface area contributed by atoms with Crippen molar-refractivity contribution in [1.29, 1.82) is 0 Å². The number of hydrogen-bond donors (Lipinski definition) is 0. The SMILES string of the molecule is C=C/C=C/CCC/C=C/CC(=CC)CC/C=C/C. The third-order valence-electron chi connectivity index (χ3n) is 2.84. The van der Waals surface area contributed by atoms with Gasteiger partial charge in [0.05, 0.1) is 0 Å². The Kier molecular flexibility index (Phi) is 12.8. The summed E-state index contributed by atoms with van der Waals surface area (Å²) in [5.41, 5.74) is 1.54. The van der Waals surface area contributed by atoms with E-state index < -0.39 is 0 Å². The Morgan fingerprint density at radius 2 is 1.72 bits per heavy atom. The Labute approximate surface area is 113 Å². The van der Waals surface area contributed by atoms with Gasteiger partial charge in [-0.1, -0.05) is 60.8 Å². The van der Waals surface area contributed by atoms with Gasteiger partial charge in [0.15, 0.2) is 0 Å². The van der Waals surface area contributed by atoms with Gasteiger partial charge < -0.3 is 0 Å². The van der Waals surface area contributed by atoms with Crippen LogP contribution in [-0.4, -0.2) is 0 Å². The lowest BCUT2D eigenvalue weighted by atomic mass is 10.1. The van der Waals surface area contributed by atoms with Crippen LogP contribution in [0.4, 0.5) is 0 Å². The molecule has 18 heavy (non-hydrogen) atoms. The molecule has 100 valence electrons. The van der Waals surface area contributed by atoms with Crippen molar-refractivity contribution >= 4 is 0 Å². The van der Waals surface area contributed by atoms with Crippen molar-refractivity contribution in [1.82, 2.24) is 0 Å². The van der Waals surface area contributed by atoms with E-state index in [1.807, 2.05) is 12.2 Å². The molecule has 0 fully saturated rings. The van der Waals surface area contributed by atoms with Crippen LogP contribution in [0.25, 0.3) is 0 Å². The van der Waals surface area contributed by atoms with E-state index in [0.29, 0.717) is 0 Å². The summed E-state index contributed by atoms with van der Waals surface area (Å²) in [6.07, 6.45) is 24.3. The average molecular weight is 244 g/mol. The highest BCUT2D eigenvalue weighted by Crippen LogP contribution is 2.11. The molecule has 0 unspecified atom stereocenters. The largest absolute Gasteiger partial charge is 0.0991 e. The molecule has 0 aromatic heterocycles. The molecule has 0 saturated heterocycles. The summed E-state index contributed by atoms with van der Waals surface area (Å²) < 4.78 is 0. The Bertz CT molecular complexity index is 300. The molecule has 0 heterocycles. The fourth-order valence-electron chi connectivity index (χ4n) is 1.70. The molecule has 0 nitrogen and oxygen atoms in total. The third kappa shape index (κ3) is 11.2. The summed E-state index contributed by atoms with van der Waals surface area (Å²) in [6, 6.07) is 0. The first kappa shape index (κ1) is 16.7. The summed E-state index contributed by atoms with van der Waals surface area (Å²) >= 11 is 0. The quantitative estimate of drug-likeness (QED) is 0.246. The zero-order valence-corrected chi connectivity index (χ0v) is 12.1. The van der Waals surface area contributed by atoms with Crippen LogP contribution in [0.15, 0.2) is 60.8 Å². The molecule has 0 bridgehead atoms. The summed E-state index contributed by atoms with van der Waals surface area (Å²) in [4.78, 5) is 0. The Morgan fingerprint density at radius 1 is 0.944 bits per heavy atom. The lowest BCUT2D eigenvalue weighted by molar-refractivity contribution is 0.862. The number of rotatable bonds is 10. The number of unbranched alkanes of at least 4 members (excludes halogenated alkanes) is 2. The van der Waals surface area contributed by atoms with Crippen LogP contribution < -0.4 is 0 Å². The first-order valence-electron chi connectivity index (χ1n) is 7.03. The van der Waals surface area contributed by atoms with E-state index >= 15 is 0 Å². The predicted octanol–water partition coefficient (Wildman–Crippen LogP) is 6.15. The highest BCUT2D eigenvalue weighted by molar-refractivity contribution is 5.07. The van der Waals surface area contributed by atoms with E-state index in [0.717, 1.165) is 19.3 Å². The molecule has 0 rings (SSSR count). The van der Waals surface area contributed by atoms with Crippen molar-refractivity contribution in [3.8, 4) is 0 Å². The maximum atomic E-state index is 3.66. The molecule has 0 radical (unpaired) electrons. The molecule has 0 heteroatoms. The van der Waals surface area contributed by atoms with Crippen molar-refractivity contribution in [2.45, 2.75) is 52.4 Å². The van der Waals surface area contributed by atoms with Gasteiger partial charge in [-0.2, -0.15) is 0 Å². The maximum absolute atomic E-state index is 3.66. The van der Waals surface area contributed by atoms with Crippen LogP contribution in [-0.2, 0) is 0 Å². The van der Waals surface area contributed by atoms with E-state index in [9.17, 15) is 0 Å². The van der Waals surface area contributed by atoms with Gasteiger partial charge in [-0.15, -0.1) is 0 Å². The van der Waals surface area contributed by atoms with Gasteiger partial charge in [0.25, 0.3) is 0 Å². The molecule has 0 N–H and O–H groups in total. The molecule has 0 aliphatic carbocycles. The molecule has 0 spiro atoms. The van der Waals surface area contributed by atoms with E-state index in [-0.39, 0.29) is 0 Å². The maximum Gasteiger partial charge on any atom is -0.0139 e.